The molecule has 2 heterocycles. The predicted molar refractivity (Wildman–Crippen MR) is 47.6 cm³/mol. The molecule has 2 N–H and O–H groups in total. The summed E-state index contributed by atoms with van der Waals surface area (Å²) in [5.74, 6) is 0. The average Bonchev–Trinajstić information content (AvgIpc) is 2.46. The van der Waals surface area contributed by atoms with Crippen molar-refractivity contribution >= 4 is 16.7 Å². The van der Waals surface area contributed by atoms with E-state index in [0.717, 1.165) is 5.39 Å². The van der Waals surface area contributed by atoms with Gasteiger partial charge in [0.05, 0.1) is 11.9 Å². The van der Waals surface area contributed by atoms with Crippen LogP contribution in [0.25, 0.3) is 11.0 Å². The van der Waals surface area contributed by atoms with Gasteiger partial charge < -0.3 is 5.73 Å². The molecule has 0 atom stereocenters. The zero-order chi connectivity index (χ0) is 9.42. The number of pyridine rings is 1. The summed E-state index contributed by atoms with van der Waals surface area (Å²) in [5, 5.41) is 13.5. The quantitative estimate of drug-likeness (QED) is 0.626. The second-order valence-electron chi connectivity index (χ2n) is 2.72. The molecule has 2 aromatic heterocycles. The third-order valence-corrected chi connectivity index (χ3v) is 1.84. The smallest absolute Gasteiger partial charge is 0.165 e. The number of nitrogens with two attached hydrogens (primary N) is 1. The van der Waals surface area contributed by atoms with Crippen molar-refractivity contribution < 1.29 is 0 Å². The highest BCUT2D eigenvalue weighted by Gasteiger charge is 2.05. The monoisotopic (exact) mass is 173 g/mol. The van der Waals surface area contributed by atoms with E-state index in [1.54, 1.807) is 24.0 Å². The summed E-state index contributed by atoms with van der Waals surface area (Å²) >= 11 is 0. The normalized spacial score (nSPS) is 10.2. The first-order valence-corrected chi connectivity index (χ1v) is 3.70. The van der Waals surface area contributed by atoms with E-state index in [9.17, 15) is 0 Å². The molecule has 0 aliphatic carbocycles. The fourth-order valence-electron chi connectivity index (χ4n) is 1.18. The lowest BCUT2D eigenvalue weighted by molar-refractivity contribution is 0.786. The molecule has 5 nitrogen and oxygen atoms in total. The number of aromatic nitrogens is 3. The minimum Gasteiger partial charge on any atom is -0.396 e. The summed E-state index contributed by atoms with van der Waals surface area (Å²) < 4.78 is 1.61. The maximum absolute atomic E-state index is 8.68. The van der Waals surface area contributed by atoms with E-state index in [4.69, 9.17) is 11.0 Å². The summed E-state index contributed by atoms with van der Waals surface area (Å²) in [4.78, 5) is 4.07. The van der Waals surface area contributed by atoms with Crippen molar-refractivity contribution in [2.45, 2.75) is 0 Å². The first-order chi connectivity index (χ1) is 6.22. The second kappa shape index (κ2) is 2.45. The number of anilines is 1. The van der Waals surface area contributed by atoms with Crippen molar-refractivity contribution in [3.8, 4) is 6.07 Å². The van der Waals surface area contributed by atoms with E-state index < -0.39 is 0 Å². The Labute approximate surface area is 74.4 Å². The molecule has 0 bridgehead atoms. The van der Waals surface area contributed by atoms with Gasteiger partial charge in [0.2, 0.25) is 0 Å². The minimum absolute atomic E-state index is 0.246. The van der Waals surface area contributed by atoms with Crippen LogP contribution in [0, 0.1) is 11.3 Å². The lowest BCUT2D eigenvalue weighted by atomic mass is 10.2. The summed E-state index contributed by atoms with van der Waals surface area (Å²) in [6.45, 7) is 0. The van der Waals surface area contributed by atoms with Gasteiger partial charge in [-0.1, -0.05) is 0 Å². The van der Waals surface area contributed by atoms with Crippen LogP contribution in [-0.2, 0) is 7.05 Å². The van der Waals surface area contributed by atoms with Crippen molar-refractivity contribution in [2.24, 2.45) is 7.05 Å². The number of nitriles is 1. The summed E-state index contributed by atoms with van der Waals surface area (Å²) in [5.41, 5.74) is 6.89. The van der Waals surface area contributed by atoms with E-state index in [2.05, 4.69) is 10.1 Å². The molecule has 5 heteroatoms. The van der Waals surface area contributed by atoms with Crippen molar-refractivity contribution in [3.63, 3.8) is 0 Å². The van der Waals surface area contributed by atoms with Gasteiger partial charge in [0.25, 0.3) is 0 Å². The molecular weight excluding hydrogens is 166 g/mol. The molecule has 0 aliphatic rings. The number of hydrogen-bond acceptors (Lipinski definition) is 4. The Morgan fingerprint density at radius 1 is 1.62 bits per heavy atom. The first-order valence-electron chi connectivity index (χ1n) is 3.70. The molecule has 64 valence electrons. The third kappa shape index (κ3) is 0.999. The Balaban J connectivity index is 2.86. The average molecular weight is 173 g/mol. The predicted octanol–water partition coefficient (Wildman–Crippen LogP) is 0.422. The van der Waals surface area contributed by atoms with E-state index in [0.29, 0.717) is 11.3 Å². The topological polar surface area (TPSA) is 80.5 Å². The standard InChI is InChI=1S/C8H7N5/c1-13-8-5(4-11-13)2-6(10)7(3-9)12-8/h2,4H,10H2,1H3. The Hall–Kier alpha value is -2.09. The Morgan fingerprint density at radius 3 is 3.08 bits per heavy atom. The van der Waals surface area contributed by atoms with Gasteiger partial charge in [-0.3, -0.25) is 4.68 Å². The highest BCUT2D eigenvalue weighted by atomic mass is 15.3. The van der Waals surface area contributed by atoms with Gasteiger partial charge in [0, 0.05) is 12.4 Å². The lowest BCUT2D eigenvalue weighted by Gasteiger charge is -1.97. The molecule has 2 aromatic rings. The van der Waals surface area contributed by atoms with Crippen LogP contribution in [0.5, 0.6) is 0 Å². The summed E-state index contributed by atoms with van der Waals surface area (Å²) in [6, 6.07) is 3.63. The van der Waals surface area contributed by atoms with Gasteiger partial charge in [-0.15, -0.1) is 0 Å². The highest BCUT2D eigenvalue weighted by molar-refractivity contribution is 5.79. The van der Waals surface area contributed by atoms with Crippen LogP contribution in [0.2, 0.25) is 0 Å². The molecule has 0 unspecified atom stereocenters. The van der Waals surface area contributed by atoms with Gasteiger partial charge >= 0.3 is 0 Å². The second-order valence-corrected chi connectivity index (χ2v) is 2.72. The number of nitrogen functional groups attached to an aromatic ring is 1. The molecular formula is C8H7N5. The van der Waals surface area contributed by atoms with Crippen molar-refractivity contribution in [3.05, 3.63) is 18.0 Å². The van der Waals surface area contributed by atoms with Gasteiger partial charge in [0.1, 0.15) is 6.07 Å². The minimum atomic E-state index is 0.246. The Bertz CT molecular complexity index is 505. The number of hydrogen-bond donors (Lipinski definition) is 1. The largest absolute Gasteiger partial charge is 0.396 e. The summed E-state index contributed by atoms with van der Waals surface area (Å²) in [7, 11) is 1.77. The lowest BCUT2D eigenvalue weighted by Crippen LogP contribution is -1.97. The molecule has 0 amide bonds. The van der Waals surface area contributed by atoms with Crippen LogP contribution >= 0.6 is 0 Å². The number of rotatable bonds is 0. The summed E-state index contributed by atoms with van der Waals surface area (Å²) in [6.07, 6.45) is 1.67. The fraction of sp³-hybridized carbons (Fsp3) is 0.125. The SMILES string of the molecule is Cn1ncc2cc(N)c(C#N)nc21. The van der Waals surface area contributed by atoms with Crippen LogP contribution in [-0.4, -0.2) is 14.8 Å². The maximum atomic E-state index is 8.68. The molecule has 2 rings (SSSR count). The molecule has 0 fully saturated rings. The van der Waals surface area contributed by atoms with Gasteiger partial charge in [-0.05, 0) is 6.07 Å². The maximum Gasteiger partial charge on any atom is 0.165 e. The van der Waals surface area contributed by atoms with E-state index in [1.807, 2.05) is 6.07 Å². The van der Waals surface area contributed by atoms with E-state index in [-0.39, 0.29) is 5.69 Å². The number of nitrogens with zero attached hydrogens (tertiary/aromatic N) is 4. The van der Waals surface area contributed by atoms with Gasteiger partial charge in [-0.2, -0.15) is 10.4 Å². The molecule has 13 heavy (non-hydrogen) atoms. The van der Waals surface area contributed by atoms with E-state index >= 15 is 0 Å². The van der Waals surface area contributed by atoms with Gasteiger partial charge in [0.15, 0.2) is 11.3 Å². The van der Waals surface area contributed by atoms with Crippen LogP contribution in [0.3, 0.4) is 0 Å². The molecule has 0 aromatic carbocycles. The van der Waals surface area contributed by atoms with Crippen LogP contribution in [0.15, 0.2) is 12.3 Å². The van der Waals surface area contributed by atoms with Crippen molar-refractivity contribution in [2.75, 3.05) is 5.73 Å². The van der Waals surface area contributed by atoms with Crippen LogP contribution in [0.4, 0.5) is 5.69 Å². The molecule has 0 aliphatic heterocycles. The van der Waals surface area contributed by atoms with Crippen LogP contribution in [0.1, 0.15) is 5.69 Å². The first kappa shape index (κ1) is 7.55. The van der Waals surface area contributed by atoms with Gasteiger partial charge in [-0.25, -0.2) is 4.98 Å². The molecule has 0 spiro atoms. The zero-order valence-electron chi connectivity index (χ0n) is 7.02. The Kier molecular flexibility index (Phi) is 1.43. The van der Waals surface area contributed by atoms with Crippen molar-refractivity contribution in [1.82, 2.24) is 14.8 Å². The number of aryl methyl sites for hydroxylation is 1. The zero-order valence-corrected chi connectivity index (χ0v) is 7.02. The molecule has 0 saturated heterocycles. The highest BCUT2D eigenvalue weighted by Crippen LogP contribution is 2.16. The van der Waals surface area contributed by atoms with Crippen LogP contribution < -0.4 is 5.73 Å². The van der Waals surface area contributed by atoms with E-state index in [1.165, 1.54) is 0 Å². The Morgan fingerprint density at radius 2 is 2.38 bits per heavy atom. The fourth-order valence-corrected chi connectivity index (χ4v) is 1.18. The molecule has 0 radical (unpaired) electrons. The molecule has 0 saturated carbocycles. The third-order valence-electron chi connectivity index (χ3n) is 1.84. The van der Waals surface area contributed by atoms with Crippen molar-refractivity contribution in [1.29, 1.82) is 5.26 Å². The number of fused-ring (bicyclic) bond motifs is 1.